The van der Waals surface area contributed by atoms with Crippen LogP contribution in [-0.2, 0) is 4.79 Å². The van der Waals surface area contributed by atoms with E-state index in [0.717, 1.165) is 57.4 Å². The Balaban J connectivity index is 1.33. The first-order chi connectivity index (χ1) is 14.7. The van der Waals surface area contributed by atoms with Gasteiger partial charge in [-0.05, 0) is 63.0 Å². The van der Waals surface area contributed by atoms with E-state index in [1.54, 1.807) is 0 Å². The summed E-state index contributed by atoms with van der Waals surface area (Å²) in [6.07, 6.45) is 15.3. The number of carbonyl (C=O) groups is 1. The van der Waals surface area contributed by atoms with Gasteiger partial charge in [-0.25, -0.2) is 9.97 Å². The van der Waals surface area contributed by atoms with E-state index >= 15 is 0 Å². The molecule has 2 saturated carbocycles. The molecule has 0 unspecified atom stereocenters. The normalized spacial score (nSPS) is 30.7. The van der Waals surface area contributed by atoms with Crippen molar-refractivity contribution in [3.05, 3.63) is 18.5 Å². The highest BCUT2D eigenvalue weighted by Crippen LogP contribution is 2.44. The summed E-state index contributed by atoms with van der Waals surface area (Å²) in [6.45, 7) is 5.92. The Morgan fingerprint density at radius 1 is 1.03 bits per heavy atom. The standard InChI is InChI=1S/C24H37N5O/c30-22(27-14-19-8-9-19)24-10-4-13-28(15-20-6-2-1-3-7-20)16-21(24)17-29(18-24)23-25-11-5-12-26-23/h5,11-12,19-21H,1-4,6-10,13-18H2,(H,27,30)/t21-,24+/m0/s1. The number of rotatable bonds is 6. The van der Waals surface area contributed by atoms with Crippen molar-refractivity contribution in [2.75, 3.05) is 44.2 Å². The SMILES string of the molecule is O=C(NCC1CC1)[C@@]12CCCN(CC3CCCCC3)C[C@H]1CN(c1ncccn1)C2. The molecule has 2 saturated heterocycles. The number of anilines is 1. The third kappa shape index (κ3) is 4.34. The molecule has 2 atom stereocenters. The predicted molar refractivity (Wildman–Crippen MR) is 118 cm³/mol. The van der Waals surface area contributed by atoms with Crippen molar-refractivity contribution < 1.29 is 4.79 Å². The van der Waals surface area contributed by atoms with Crippen molar-refractivity contribution in [3.8, 4) is 0 Å². The molecule has 164 valence electrons. The Labute approximate surface area is 180 Å². The molecular formula is C24H37N5O. The summed E-state index contributed by atoms with van der Waals surface area (Å²) < 4.78 is 0. The second-order valence-electron chi connectivity index (χ2n) is 10.3. The van der Waals surface area contributed by atoms with E-state index in [0.29, 0.717) is 11.8 Å². The van der Waals surface area contributed by atoms with Crippen LogP contribution in [0.2, 0.25) is 0 Å². The number of fused-ring (bicyclic) bond motifs is 1. The van der Waals surface area contributed by atoms with Crippen LogP contribution in [0.3, 0.4) is 0 Å². The third-order valence-electron chi connectivity index (χ3n) is 8.05. The molecule has 2 aliphatic heterocycles. The molecule has 0 radical (unpaired) electrons. The van der Waals surface area contributed by atoms with Crippen LogP contribution >= 0.6 is 0 Å². The lowest BCUT2D eigenvalue weighted by Crippen LogP contribution is -2.48. The largest absolute Gasteiger partial charge is 0.355 e. The molecule has 1 aromatic rings. The van der Waals surface area contributed by atoms with Crippen molar-refractivity contribution in [3.63, 3.8) is 0 Å². The summed E-state index contributed by atoms with van der Waals surface area (Å²) in [4.78, 5) is 27.5. The van der Waals surface area contributed by atoms with Crippen molar-refractivity contribution >= 4 is 11.9 Å². The van der Waals surface area contributed by atoms with Gasteiger partial charge in [-0.15, -0.1) is 0 Å². The fourth-order valence-corrected chi connectivity index (χ4v) is 6.13. The molecular weight excluding hydrogens is 374 g/mol. The first kappa shape index (κ1) is 20.2. The smallest absolute Gasteiger partial charge is 0.228 e. The van der Waals surface area contributed by atoms with Crippen molar-refractivity contribution in [2.45, 2.75) is 57.8 Å². The number of hydrogen-bond acceptors (Lipinski definition) is 5. The quantitative estimate of drug-likeness (QED) is 0.779. The van der Waals surface area contributed by atoms with Crippen LogP contribution in [-0.4, -0.2) is 60.0 Å². The summed E-state index contributed by atoms with van der Waals surface area (Å²) >= 11 is 0. The molecule has 1 N–H and O–H groups in total. The number of amides is 1. The number of nitrogens with zero attached hydrogens (tertiary/aromatic N) is 4. The van der Waals surface area contributed by atoms with Gasteiger partial charge in [0.1, 0.15) is 0 Å². The molecule has 4 aliphatic rings. The Bertz CT molecular complexity index is 718. The van der Waals surface area contributed by atoms with Gasteiger partial charge in [0.25, 0.3) is 0 Å². The molecule has 5 rings (SSSR count). The number of hydrogen-bond donors (Lipinski definition) is 1. The Hall–Kier alpha value is -1.69. The van der Waals surface area contributed by atoms with E-state index in [2.05, 4.69) is 25.1 Å². The molecule has 6 heteroatoms. The first-order valence-corrected chi connectivity index (χ1v) is 12.3. The highest BCUT2D eigenvalue weighted by atomic mass is 16.2. The lowest BCUT2D eigenvalue weighted by molar-refractivity contribution is -0.132. The van der Waals surface area contributed by atoms with Gasteiger partial charge >= 0.3 is 0 Å². The third-order valence-corrected chi connectivity index (χ3v) is 8.05. The summed E-state index contributed by atoms with van der Waals surface area (Å²) in [7, 11) is 0. The fraction of sp³-hybridized carbons (Fsp3) is 0.792. The maximum Gasteiger partial charge on any atom is 0.228 e. The second kappa shape index (κ2) is 8.81. The zero-order valence-electron chi connectivity index (χ0n) is 18.3. The van der Waals surface area contributed by atoms with E-state index in [-0.39, 0.29) is 11.3 Å². The molecule has 2 aliphatic carbocycles. The zero-order chi connectivity index (χ0) is 20.4. The molecule has 0 spiro atoms. The number of carbonyl (C=O) groups excluding carboxylic acids is 1. The zero-order valence-corrected chi connectivity index (χ0v) is 18.3. The maximum absolute atomic E-state index is 13.6. The maximum atomic E-state index is 13.6. The predicted octanol–water partition coefficient (Wildman–Crippen LogP) is 3.10. The number of likely N-dealkylation sites (tertiary alicyclic amines) is 1. The topological polar surface area (TPSA) is 61.4 Å². The average molecular weight is 412 g/mol. The Morgan fingerprint density at radius 2 is 1.83 bits per heavy atom. The van der Waals surface area contributed by atoms with Crippen LogP contribution in [0.4, 0.5) is 5.95 Å². The van der Waals surface area contributed by atoms with E-state index in [9.17, 15) is 4.79 Å². The summed E-state index contributed by atoms with van der Waals surface area (Å²) in [5.74, 6) is 2.99. The van der Waals surface area contributed by atoms with Crippen molar-refractivity contribution in [2.24, 2.45) is 23.2 Å². The van der Waals surface area contributed by atoms with Gasteiger partial charge in [-0.1, -0.05) is 19.3 Å². The number of nitrogens with one attached hydrogen (secondary N) is 1. The molecule has 1 amide bonds. The van der Waals surface area contributed by atoms with Crippen LogP contribution in [0.5, 0.6) is 0 Å². The van der Waals surface area contributed by atoms with Crippen LogP contribution in [0, 0.1) is 23.2 Å². The molecule has 6 nitrogen and oxygen atoms in total. The fourth-order valence-electron chi connectivity index (χ4n) is 6.13. The van der Waals surface area contributed by atoms with Gasteiger partial charge in [-0.2, -0.15) is 0 Å². The highest BCUT2D eigenvalue weighted by Gasteiger charge is 2.53. The molecule has 30 heavy (non-hydrogen) atoms. The van der Waals surface area contributed by atoms with Crippen LogP contribution in [0.15, 0.2) is 18.5 Å². The minimum absolute atomic E-state index is 0.289. The summed E-state index contributed by atoms with van der Waals surface area (Å²) in [6, 6.07) is 1.86. The van der Waals surface area contributed by atoms with Crippen LogP contribution < -0.4 is 10.2 Å². The molecule has 4 fully saturated rings. The van der Waals surface area contributed by atoms with Crippen molar-refractivity contribution in [1.29, 1.82) is 0 Å². The van der Waals surface area contributed by atoms with E-state index < -0.39 is 0 Å². The summed E-state index contributed by atoms with van der Waals surface area (Å²) in [5, 5.41) is 3.35. The highest BCUT2D eigenvalue weighted by molar-refractivity contribution is 5.84. The van der Waals surface area contributed by atoms with Gasteiger partial charge in [-0.3, -0.25) is 4.79 Å². The van der Waals surface area contributed by atoms with Gasteiger partial charge in [0.15, 0.2) is 0 Å². The van der Waals surface area contributed by atoms with Gasteiger partial charge in [0.05, 0.1) is 5.41 Å². The summed E-state index contributed by atoms with van der Waals surface area (Å²) in [5.41, 5.74) is -0.296. The van der Waals surface area contributed by atoms with Crippen LogP contribution in [0.25, 0.3) is 0 Å². The Morgan fingerprint density at radius 3 is 2.60 bits per heavy atom. The molecule has 1 aromatic heterocycles. The van der Waals surface area contributed by atoms with Crippen molar-refractivity contribution in [1.82, 2.24) is 20.2 Å². The minimum Gasteiger partial charge on any atom is -0.355 e. The van der Waals surface area contributed by atoms with E-state index in [4.69, 9.17) is 0 Å². The molecule has 0 aromatic carbocycles. The van der Waals surface area contributed by atoms with Crippen LogP contribution in [0.1, 0.15) is 57.8 Å². The second-order valence-corrected chi connectivity index (χ2v) is 10.3. The van der Waals surface area contributed by atoms with E-state index in [1.807, 2.05) is 18.5 Å². The Kier molecular flexibility index (Phi) is 5.94. The molecule has 3 heterocycles. The minimum atomic E-state index is -0.296. The first-order valence-electron chi connectivity index (χ1n) is 12.3. The average Bonchev–Trinajstić information content (AvgIpc) is 3.57. The molecule has 0 bridgehead atoms. The monoisotopic (exact) mass is 411 g/mol. The lowest BCUT2D eigenvalue weighted by Gasteiger charge is -2.33. The van der Waals surface area contributed by atoms with Gasteiger partial charge in [0.2, 0.25) is 11.9 Å². The van der Waals surface area contributed by atoms with Gasteiger partial charge in [0, 0.05) is 51.0 Å². The van der Waals surface area contributed by atoms with Gasteiger partial charge < -0.3 is 15.1 Å². The van der Waals surface area contributed by atoms with E-state index in [1.165, 1.54) is 51.5 Å². The lowest BCUT2D eigenvalue weighted by atomic mass is 9.74. The number of aromatic nitrogens is 2.